The van der Waals surface area contributed by atoms with E-state index in [1.54, 1.807) is 19.2 Å². The number of benzene rings is 3. The van der Waals surface area contributed by atoms with E-state index >= 15 is 0 Å². The summed E-state index contributed by atoms with van der Waals surface area (Å²) >= 11 is 0. The molecule has 2 heterocycles. The van der Waals surface area contributed by atoms with Gasteiger partial charge in [-0.15, -0.1) is 0 Å². The molecule has 0 bridgehead atoms. The van der Waals surface area contributed by atoms with Crippen LogP contribution in [-0.4, -0.2) is 31.7 Å². The zero-order valence-corrected chi connectivity index (χ0v) is 18.7. The molecule has 168 valence electrons. The Labute approximate surface area is 192 Å². The van der Waals surface area contributed by atoms with Gasteiger partial charge in [0.2, 0.25) is 0 Å². The predicted molar refractivity (Wildman–Crippen MR) is 127 cm³/mol. The molecule has 1 aromatic heterocycles. The first kappa shape index (κ1) is 21.1. The minimum Gasteiger partial charge on any atom is -0.493 e. The first-order chi connectivity index (χ1) is 16.2. The van der Waals surface area contributed by atoms with Crippen molar-refractivity contribution in [1.29, 1.82) is 0 Å². The van der Waals surface area contributed by atoms with Crippen LogP contribution >= 0.6 is 0 Å². The van der Waals surface area contributed by atoms with Gasteiger partial charge in [-0.05, 0) is 53.4 Å². The van der Waals surface area contributed by atoms with Crippen LogP contribution in [0, 0.1) is 0 Å². The Hall–Kier alpha value is -3.77. The van der Waals surface area contributed by atoms with Crippen LogP contribution in [0.15, 0.2) is 66.7 Å². The van der Waals surface area contributed by atoms with Crippen LogP contribution in [-0.2, 0) is 17.8 Å². The van der Waals surface area contributed by atoms with Gasteiger partial charge in [-0.2, -0.15) is 0 Å². The van der Waals surface area contributed by atoms with Crippen LogP contribution in [0.5, 0.6) is 11.5 Å². The van der Waals surface area contributed by atoms with E-state index in [-0.39, 0.29) is 12.0 Å². The second kappa shape index (κ2) is 9.00. The van der Waals surface area contributed by atoms with E-state index in [0.29, 0.717) is 23.7 Å². The number of nitrogens with one attached hydrogen (secondary N) is 2. The summed E-state index contributed by atoms with van der Waals surface area (Å²) in [4.78, 5) is 15.2. The standard InChI is InChI=1S/C27H26N2O4/c1-31-24-15-19(25-26-21(13-14-28-25)20-5-3-4-6-22(20)29-26)11-12-23(24)33-16-17-7-9-18(10-8-17)27(30)32-2/h3-12,15,25,28-29H,13-14,16H2,1-2H3. The molecule has 3 aromatic carbocycles. The molecule has 1 aliphatic heterocycles. The Balaban J connectivity index is 1.37. The number of carbonyl (C=O) groups excluding carboxylic acids is 1. The zero-order valence-electron chi connectivity index (χ0n) is 18.7. The van der Waals surface area contributed by atoms with Crippen LogP contribution in [0.4, 0.5) is 0 Å². The Bertz CT molecular complexity index is 1290. The van der Waals surface area contributed by atoms with Gasteiger partial charge in [0.15, 0.2) is 11.5 Å². The highest BCUT2D eigenvalue weighted by atomic mass is 16.5. The summed E-state index contributed by atoms with van der Waals surface area (Å²) in [6.07, 6.45) is 1.00. The molecule has 33 heavy (non-hydrogen) atoms. The fourth-order valence-corrected chi connectivity index (χ4v) is 4.46. The van der Waals surface area contributed by atoms with Crippen molar-refractivity contribution in [2.24, 2.45) is 0 Å². The Morgan fingerprint density at radius 3 is 2.61 bits per heavy atom. The van der Waals surface area contributed by atoms with Crippen LogP contribution in [0.1, 0.15) is 38.8 Å². The number of aromatic nitrogens is 1. The zero-order chi connectivity index (χ0) is 22.8. The van der Waals surface area contributed by atoms with Gasteiger partial charge in [0.25, 0.3) is 0 Å². The van der Waals surface area contributed by atoms with Crippen LogP contribution < -0.4 is 14.8 Å². The molecule has 0 aliphatic carbocycles. The molecule has 5 rings (SSSR count). The number of methoxy groups -OCH3 is 2. The van der Waals surface area contributed by atoms with Crippen molar-refractivity contribution in [2.75, 3.05) is 20.8 Å². The molecule has 0 saturated carbocycles. The summed E-state index contributed by atoms with van der Waals surface area (Å²) in [5.41, 5.74) is 6.34. The second-order valence-electron chi connectivity index (χ2n) is 8.09. The minimum absolute atomic E-state index is 0.0648. The molecule has 1 unspecified atom stereocenters. The Kier molecular flexibility index (Phi) is 5.75. The van der Waals surface area contributed by atoms with Crippen molar-refractivity contribution < 1.29 is 19.0 Å². The molecular formula is C27H26N2O4. The molecule has 1 aliphatic rings. The van der Waals surface area contributed by atoms with Crippen molar-refractivity contribution in [3.05, 3.63) is 94.7 Å². The van der Waals surface area contributed by atoms with Gasteiger partial charge >= 0.3 is 5.97 Å². The van der Waals surface area contributed by atoms with Crippen LogP contribution in [0.3, 0.4) is 0 Å². The molecule has 1 atom stereocenters. The third-order valence-corrected chi connectivity index (χ3v) is 6.15. The van der Waals surface area contributed by atoms with Gasteiger partial charge in [-0.25, -0.2) is 4.79 Å². The highest BCUT2D eigenvalue weighted by Crippen LogP contribution is 2.37. The molecule has 6 nitrogen and oxygen atoms in total. The number of hydrogen-bond donors (Lipinski definition) is 2. The normalized spacial score (nSPS) is 15.2. The number of ether oxygens (including phenoxy) is 3. The average Bonchev–Trinajstić information content (AvgIpc) is 3.26. The third-order valence-electron chi connectivity index (χ3n) is 6.15. The lowest BCUT2D eigenvalue weighted by molar-refractivity contribution is 0.0600. The SMILES string of the molecule is COC(=O)c1ccc(COc2ccc(C3NCCc4c3[nH]c3ccccc43)cc2OC)cc1. The third kappa shape index (κ3) is 4.05. The summed E-state index contributed by atoms with van der Waals surface area (Å²) < 4.78 is 16.4. The molecule has 2 N–H and O–H groups in total. The summed E-state index contributed by atoms with van der Waals surface area (Å²) in [5, 5.41) is 4.93. The molecule has 6 heteroatoms. The van der Waals surface area contributed by atoms with Crippen molar-refractivity contribution in [1.82, 2.24) is 10.3 Å². The van der Waals surface area contributed by atoms with Gasteiger partial charge in [-0.1, -0.05) is 36.4 Å². The van der Waals surface area contributed by atoms with E-state index in [4.69, 9.17) is 14.2 Å². The summed E-state index contributed by atoms with van der Waals surface area (Å²) in [6, 6.07) is 21.8. The molecule has 0 saturated heterocycles. The quantitative estimate of drug-likeness (QED) is 0.421. The van der Waals surface area contributed by atoms with Gasteiger partial charge in [-0.3, -0.25) is 0 Å². The summed E-state index contributed by atoms with van der Waals surface area (Å²) in [5.74, 6) is 1.00. The Morgan fingerprint density at radius 1 is 1.00 bits per heavy atom. The fraction of sp³-hybridized carbons (Fsp3) is 0.222. The van der Waals surface area contributed by atoms with Crippen LogP contribution in [0.25, 0.3) is 10.9 Å². The number of aromatic amines is 1. The van der Waals surface area contributed by atoms with Crippen molar-refractivity contribution in [3.8, 4) is 11.5 Å². The number of rotatable bonds is 6. The lowest BCUT2D eigenvalue weighted by Gasteiger charge is -2.25. The fourth-order valence-electron chi connectivity index (χ4n) is 4.46. The van der Waals surface area contributed by atoms with E-state index in [1.165, 1.54) is 29.3 Å². The van der Waals surface area contributed by atoms with E-state index < -0.39 is 0 Å². The number of esters is 1. The van der Waals surface area contributed by atoms with Crippen molar-refractivity contribution in [3.63, 3.8) is 0 Å². The molecule has 0 spiro atoms. The molecule has 0 amide bonds. The van der Waals surface area contributed by atoms with Crippen LogP contribution in [0.2, 0.25) is 0 Å². The monoisotopic (exact) mass is 442 g/mol. The topological polar surface area (TPSA) is 72.6 Å². The van der Waals surface area contributed by atoms with Crippen molar-refractivity contribution in [2.45, 2.75) is 19.1 Å². The highest BCUT2D eigenvalue weighted by molar-refractivity contribution is 5.89. The number of hydrogen-bond acceptors (Lipinski definition) is 5. The van der Waals surface area contributed by atoms with Gasteiger partial charge in [0.1, 0.15) is 6.61 Å². The Morgan fingerprint density at radius 2 is 1.82 bits per heavy atom. The van der Waals surface area contributed by atoms with Gasteiger partial charge in [0.05, 0.1) is 25.8 Å². The van der Waals surface area contributed by atoms with Gasteiger partial charge in [0, 0.05) is 23.1 Å². The first-order valence-corrected chi connectivity index (χ1v) is 11.0. The molecule has 4 aromatic rings. The highest BCUT2D eigenvalue weighted by Gasteiger charge is 2.26. The number of fused-ring (bicyclic) bond motifs is 3. The maximum atomic E-state index is 11.6. The largest absolute Gasteiger partial charge is 0.493 e. The lowest BCUT2D eigenvalue weighted by Crippen LogP contribution is -2.30. The predicted octanol–water partition coefficient (Wildman–Crippen LogP) is 4.78. The average molecular weight is 443 g/mol. The first-order valence-electron chi connectivity index (χ1n) is 11.0. The van der Waals surface area contributed by atoms with E-state index in [2.05, 4.69) is 40.6 Å². The van der Waals surface area contributed by atoms with Crippen molar-refractivity contribution >= 4 is 16.9 Å². The van der Waals surface area contributed by atoms with E-state index in [1.807, 2.05) is 24.3 Å². The lowest BCUT2D eigenvalue weighted by atomic mass is 9.94. The van der Waals surface area contributed by atoms with E-state index in [9.17, 15) is 4.79 Å². The summed E-state index contributed by atoms with van der Waals surface area (Å²) in [6.45, 7) is 1.28. The minimum atomic E-state index is -0.353. The maximum Gasteiger partial charge on any atom is 0.337 e. The summed E-state index contributed by atoms with van der Waals surface area (Å²) in [7, 11) is 3.02. The number of para-hydroxylation sites is 1. The number of carbonyl (C=O) groups is 1. The molecule has 0 fully saturated rings. The smallest absolute Gasteiger partial charge is 0.337 e. The maximum absolute atomic E-state index is 11.6. The molecular weight excluding hydrogens is 416 g/mol. The molecule has 0 radical (unpaired) electrons. The number of H-pyrrole nitrogens is 1. The second-order valence-corrected chi connectivity index (χ2v) is 8.09. The van der Waals surface area contributed by atoms with E-state index in [0.717, 1.165) is 24.1 Å². The van der Waals surface area contributed by atoms with Gasteiger partial charge < -0.3 is 24.5 Å².